The second-order valence-electron chi connectivity index (χ2n) is 4.16. The molecule has 1 amide bonds. The van der Waals surface area contributed by atoms with Crippen LogP contribution in [0.15, 0.2) is 42.5 Å². The Morgan fingerprint density at radius 2 is 1.85 bits per heavy atom. The highest BCUT2D eigenvalue weighted by molar-refractivity contribution is 6.07. The lowest BCUT2D eigenvalue weighted by atomic mass is 10.1. The molecule has 1 heterocycles. The SMILES string of the molecule is COC(=O)c1ccccc1NC(=O)c1cccc(C)n1. The number of carbonyl (C=O) groups excluding carboxylic acids is 2. The molecule has 0 aliphatic rings. The molecule has 0 spiro atoms. The Balaban J connectivity index is 2.26. The largest absolute Gasteiger partial charge is 0.465 e. The smallest absolute Gasteiger partial charge is 0.339 e. The van der Waals surface area contributed by atoms with Crippen molar-refractivity contribution in [2.45, 2.75) is 6.92 Å². The first-order valence-corrected chi connectivity index (χ1v) is 6.04. The Labute approximate surface area is 116 Å². The average molecular weight is 270 g/mol. The molecule has 1 aromatic heterocycles. The molecule has 0 bridgehead atoms. The number of anilines is 1. The van der Waals surface area contributed by atoms with Crippen molar-refractivity contribution in [1.82, 2.24) is 4.98 Å². The monoisotopic (exact) mass is 270 g/mol. The number of aromatic nitrogens is 1. The van der Waals surface area contributed by atoms with Gasteiger partial charge in [0.1, 0.15) is 5.69 Å². The number of rotatable bonds is 3. The van der Waals surface area contributed by atoms with Crippen LogP contribution in [0.4, 0.5) is 5.69 Å². The Kier molecular flexibility index (Phi) is 4.10. The van der Waals surface area contributed by atoms with E-state index < -0.39 is 5.97 Å². The van der Waals surface area contributed by atoms with Crippen LogP contribution < -0.4 is 5.32 Å². The minimum absolute atomic E-state index is 0.296. The Hall–Kier alpha value is -2.69. The molecular weight excluding hydrogens is 256 g/mol. The molecule has 0 fully saturated rings. The van der Waals surface area contributed by atoms with Crippen LogP contribution in [0.2, 0.25) is 0 Å². The molecule has 2 aromatic rings. The van der Waals surface area contributed by atoms with Gasteiger partial charge in [0, 0.05) is 5.69 Å². The van der Waals surface area contributed by atoms with Gasteiger partial charge < -0.3 is 10.1 Å². The molecule has 0 aliphatic carbocycles. The van der Waals surface area contributed by atoms with Gasteiger partial charge in [-0.3, -0.25) is 4.79 Å². The fraction of sp³-hybridized carbons (Fsp3) is 0.133. The molecule has 5 nitrogen and oxygen atoms in total. The summed E-state index contributed by atoms with van der Waals surface area (Å²) in [5, 5.41) is 2.67. The molecular formula is C15H14N2O3. The maximum atomic E-state index is 12.1. The van der Waals surface area contributed by atoms with Crippen LogP contribution in [0, 0.1) is 6.92 Å². The highest BCUT2D eigenvalue weighted by Crippen LogP contribution is 2.16. The minimum Gasteiger partial charge on any atom is -0.465 e. The van der Waals surface area contributed by atoms with Gasteiger partial charge in [0.25, 0.3) is 5.91 Å². The number of nitrogens with one attached hydrogen (secondary N) is 1. The van der Waals surface area contributed by atoms with Crippen LogP contribution in [-0.2, 0) is 4.74 Å². The third-order valence-corrected chi connectivity index (χ3v) is 2.70. The molecule has 20 heavy (non-hydrogen) atoms. The zero-order valence-electron chi connectivity index (χ0n) is 11.2. The maximum absolute atomic E-state index is 12.1. The molecule has 0 unspecified atom stereocenters. The molecule has 0 saturated carbocycles. The predicted octanol–water partition coefficient (Wildman–Crippen LogP) is 2.43. The van der Waals surface area contributed by atoms with E-state index in [0.717, 1.165) is 5.69 Å². The highest BCUT2D eigenvalue weighted by atomic mass is 16.5. The fourth-order valence-corrected chi connectivity index (χ4v) is 1.74. The highest BCUT2D eigenvalue weighted by Gasteiger charge is 2.14. The van der Waals surface area contributed by atoms with E-state index in [2.05, 4.69) is 15.0 Å². The number of amides is 1. The minimum atomic E-state index is -0.502. The first-order chi connectivity index (χ1) is 9.61. The summed E-state index contributed by atoms with van der Waals surface area (Å²) in [5.74, 6) is -0.872. The Bertz CT molecular complexity index is 653. The van der Waals surface area contributed by atoms with E-state index in [1.165, 1.54) is 7.11 Å². The number of nitrogens with zero attached hydrogens (tertiary/aromatic N) is 1. The molecule has 0 saturated heterocycles. The van der Waals surface area contributed by atoms with Crippen molar-refractivity contribution in [3.63, 3.8) is 0 Å². The van der Waals surface area contributed by atoms with Crippen LogP contribution in [0.5, 0.6) is 0 Å². The van der Waals surface area contributed by atoms with Gasteiger partial charge in [-0.05, 0) is 31.2 Å². The number of para-hydroxylation sites is 1. The van der Waals surface area contributed by atoms with Crippen molar-refractivity contribution >= 4 is 17.6 Å². The summed E-state index contributed by atoms with van der Waals surface area (Å²) in [6.45, 7) is 1.80. The third kappa shape index (κ3) is 3.00. The summed E-state index contributed by atoms with van der Waals surface area (Å²) in [7, 11) is 1.29. The van der Waals surface area contributed by atoms with E-state index in [0.29, 0.717) is 16.9 Å². The molecule has 0 aliphatic heterocycles. The molecule has 0 atom stereocenters. The van der Waals surface area contributed by atoms with Gasteiger partial charge in [-0.2, -0.15) is 0 Å². The zero-order valence-corrected chi connectivity index (χ0v) is 11.2. The number of hydrogen-bond acceptors (Lipinski definition) is 4. The maximum Gasteiger partial charge on any atom is 0.339 e. The van der Waals surface area contributed by atoms with Crippen molar-refractivity contribution in [3.05, 3.63) is 59.4 Å². The van der Waals surface area contributed by atoms with Crippen LogP contribution in [-0.4, -0.2) is 24.0 Å². The number of pyridine rings is 1. The summed E-state index contributed by atoms with van der Waals surface area (Å²) < 4.78 is 4.68. The van der Waals surface area contributed by atoms with E-state index in [-0.39, 0.29) is 5.91 Å². The molecule has 5 heteroatoms. The summed E-state index contributed by atoms with van der Waals surface area (Å²) in [6, 6.07) is 11.8. The topological polar surface area (TPSA) is 68.3 Å². The van der Waals surface area contributed by atoms with Crippen molar-refractivity contribution in [3.8, 4) is 0 Å². The quantitative estimate of drug-likeness (QED) is 0.870. The average Bonchev–Trinajstić information content (AvgIpc) is 2.47. The van der Waals surface area contributed by atoms with E-state index >= 15 is 0 Å². The first-order valence-electron chi connectivity index (χ1n) is 6.04. The van der Waals surface area contributed by atoms with Crippen molar-refractivity contribution in [2.75, 3.05) is 12.4 Å². The van der Waals surface area contributed by atoms with Gasteiger partial charge >= 0.3 is 5.97 Å². The number of esters is 1. The standard InChI is InChI=1S/C15H14N2O3/c1-10-6-5-9-13(16-10)14(18)17-12-8-4-3-7-11(12)15(19)20-2/h3-9H,1-2H3,(H,17,18). The lowest BCUT2D eigenvalue weighted by molar-refractivity contribution is 0.0602. The third-order valence-electron chi connectivity index (χ3n) is 2.70. The van der Waals surface area contributed by atoms with Gasteiger partial charge in [0.2, 0.25) is 0 Å². The van der Waals surface area contributed by atoms with E-state index in [4.69, 9.17) is 0 Å². The number of methoxy groups -OCH3 is 1. The van der Waals surface area contributed by atoms with Crippen LogP contribution in [0.25, 0.3) is 0 Å². The van der Waals surface area contributed by atoms with E-state index in [1.807, 2.05) is 0 Å². The fourth-order valence-electron chi connectivity index (χ4n) is 1.74. The van der Waals surface area contributed by atoms with Gasteiger partial charge in [-0.1, -0.05) is 18.2 Å². The number of hydrogen-bond donors (Lipinski definition) is 1. The van der Waals surface area contributed by atoms with Gasteiger partial charge in [-0.15, -0.1) is 0 Å². The second-order valence-corrected chi connectivity index (χ2v) is 4.16. The molecule has 102 valence electrons. The number of aryl methyl sites for hydroxylation is 1. The van der Waals surface area contributed by atoms with Crippen molar-refractivity contribution in [2.24, 2.45) is 0 Å². The lowest BCUT2D eigenvalue weighted by Crippen LogP contribution is -2.16. The first kappa shape index (κ1) is 13.7. The van der Waals surface area contributed by atoms with Gasteiger partial charge in [0.15, 0.2) is 0 Å². The van der Waals surface area contributed by atoms with Crippen LogP contribution in [0.1, 0.15) is 26.5 Å². The molecule has 1 N–H and O–H groups in total. The lowest BCUT2D eigenvalue weighted by Gasteiger charge is -2.09. The predicted molar refractivity (Wildman–Crippen MR) is 74.7 cm³/mol. The Morgan fingerprint density at radius 3 is 2.55 bits per heavy atom. The number of benzene rings is 1. The number of ether oxygens (including phenoxy) is 1. The summed E-state index contributed by atoms with van der Waals surface area (Å²) in [5.41, 5.74) is 1.74. The van der Waals surface area contributed by atoms with Crippen molar-refractivity contribution in [1.29, 1.82) is 0 Å². The molecule has 2 rings (SSSR count). The summed E-state index contributed by atoms with van der Waals surface area (Å²) in [4.78, 5) is 27.9. The summed E-state index contributed by atoms with van der Waals surface area (Å²) in [6.07, 6.45) is 0. The second kappa shape index (κ2) is 5.97. The van der Waals surface area contributed by atoms with E-state index in [1.54, 1.807) is 49.4 Å². The normalized spacial score (nSPS) is 9.90. The Morgan fingerprint density at radius 1 is 1.10 bits per heavy atom. The van der Waals surface area contributed by atoms with Gasteiger partial charge in [0.05, 0.1) is 18.4 Å². The number of carbonyl (C=O) groups is 2. The summed E-state index contributed by atoms with van der Waals surface area (Å²) >= 11 is 0. The molecule has 0 radical (unpaired) electrons. The zero-order chi connectivity index (χ0) is 14.5. The molecule has 1 aromatic carbocycles. The van der Waals surface area contributed by atoms with Crippen LogP contribution >= 0.6 is 0 Å². The van der Waals surface area contributed by atoms with Gasteiger partial charge in [-0.25, -0.2) is 9.78 Å². The van der Waals surface area contributed by atoms with E-state index in [9.17, 15) is 9.59 Å². The van der Waals surface area contributed by atoms with Crippen molar-refractivity contribution < 1.29 is 14.3 Å². The van der Waals surface area contributed by atoms with Crippen LogP contribution in [0.3, 0.4) is 0 Å².